The van der Waals surface area contributed by atoms with Crippen molar-refractivity contribution in [3.05, 3.63) is 51.5 Å². The molecule has 0 fully saturated rings. The second-order valence-corrected chi connectivity index (χ2v) is 3.79. The summed E-state index contributed by atoms with van der Waals surface area (Å²) in [5, 5.41) is 10.9. The maximum atomic E-state index is 13.5. The predicted octanol–water partition coefficient (Wildman–Crippen LogP) is 1.28. The summed E-state index contributed by atoms with van der Waals surface area (Å²) in [5.41, 5.74) is 10.7. The van der Waals surface area contributed by atoms with Gasteiger partial charge in [0.15, 0.2) is 0 Å². The Morgan fingerprint density at radius 3 is 2.58 bits per heavy atom. The fourth-order valence-corrected chi connectivity index (χ4v) is 1.68. The van der Waals surface area contributed by atoms with Crippen LogP contribution in [0, 0.1) is 15.9 Å². The quantitative estimate of drug-likeness (QED) is 0.635. The maximum absolute atomic E-state index is 13.5. The molecule has 0 radical (unpaired) electrons. The molecule has 0 amide bonds. The number of halogens is 1. The van der Waals surface area contributed by atoms with Gasteiger partial charge in [-0.15, -0.1) is 0 Å². The van der Waals surface area contributed by atoms with Crippen molar-refractivity contribution in [2.45, 2.75) is 6.42 Å². The summed E-state index contributed by atoms with van der Waals surface area (Å²) in [7, 11) is 0. The van der Waals surface area contributed by atoms with Crippen molar-refractivity contribution < 1.29 is 9.31 Å². The van der Waals surface area contributed by atoms with Crippen LogP contribution in [0.15, 0.2) is 24.3 Å². The second kappa shape index (κ2) is 4.84. The molecule has 0 bridgehead atoms. The highest BCUT2D eigenvalue weighted by Gasteiger charge is 2.23. The zero-order chi connectivity index (χ0) is 14.0. The average Bonchev–Trinajstić information content (AvgIpc) is 2.30. The third kappa shape index (κ3) is 2.57. The van der Waals surface area contributed by atoms with E-state index in [2.05, 4.69) is 9.97 Å². The summed E-state index contributed by atoms with van der Waals surface area (Å²) in [6.45, 7) is 0. The lowest BCUT2D eigenvalue weighted by atomic mass is 10.1. The number of aromatic nitrogens is 2. The molecule has 1 aromatic carbocycles. The fourth-order valence-electron chi connectivity index (χ4n) is 1.68. The van der Waals surface area contributed by atoms with Crippen molar-refractivity contribution in [2.75, 3.05) is 11.5 Å². The number of nitro groups is 1. The molecule has 0 saturated carbocycles. The molecule has 19 heavy (non-hydrogen) atoms. The number of nitrogens with two attached hydrogens (primary N) is 2. The Morgan fingerprint density at radius 2 is 1.95 bits per heavy atom. The van der Waals surface area contributed by atoms with Gasteiger partial charge in [0.1, 0.15) is 11.5 Å². The lowest BCUT2D eigenvalue weighted by Crippen LogP contribution is -2.09. The van der Waals surface area contributed by atoms with E-state index in [4.69, 9.17) is 11.5 Å². The monoisotopic (exact) mass is 263 g/mol. The van der Waals surface area contributed by atoms with Crippen LogP contribution in [0.25, 0.3) is 0 Å². The first-order chi connectivity index (χ1) is 8.99. The van der Waals surface area contributed by atoms with Gasteiger partial charge in [0.2, 0.25) is 11.8 Å². The number of anilines is 2. The largest absolute Gasteiger partial charge is 0.378 e. The van der Waals surface area contributed by atoms with Crippen LogP contribution < -0.4 is 11.5 Å². The number of hydrogen-bond donors (Lipinski definition) is 2. The van der Waals surface area contributed by atoms with Gasteiger partial charge in [-0.3, -0.25) is 10.1 Å². The number of rotatable bonds is 3. The Hall–Kier alpha value is -2.77. The zero-order valence-corrected chi connectivity index (χ0v) is 9.71. The summed E-state index contributed by atoms with van der Waals surface area (Å²) < 4.78 is 13.5. The van der Waals surface area contributed by atoms with Gasteiger partial charge in [-0.2, -0.15) is 4.98 Å². The average molecular weight is 263 g/mol. The molecule has 0 aliphatic rings. The first-order valence-electron chi connectivity index (χ1n) is 5.28. The van der Waals surface area contributed by atoms with Crippen LogP contribution >= 0.6 is 0 Å². The highest BCUT2D eigenvalue weighted by Crippen LogP contribution is 2.26. The molecule has 0 saturated heterocycles. The summed E-state index contributed by atoms with van der Waals surface area (Å²) in [6.07, 6.45) is -0.0834. The van der Waals surface area contributed by atoms with Gasteiger partial charge in [0.05, 0.1) is 4.92 Å². The van der Waals surface area contributed by atoms with E-state index in [1.165, 1.54) is 18.2 Å². The number of hydrogen-bond acceptors (Lipinski definition) is 6. The first-order valence-corrected chi connectivity index (χ1v) is 5.28. The lowest BCUT2D eigenvalue weighted by molar-refractivity contribution is -0.385. The minimum Gasteiger partial charge on any atom is -0.378 e. The number of nitrogen functional groups attached to an aromatic ring is 2. The topological polar surface area (TPSA) is 121 Å². The molecule has 0 atom stereocenters. The number of nitrogens with zero attached hydrogens (tertiary/aromatic N) is 3. The Kier molecular flexibility index (Phi) is 3.23. The van der Waals surface area contributed by atoms with Crippen LogP contribution in [0.2, 0.25) is 0 Å². The van der Waals surface area contributed by atoms with Crippen LogP contribution in [0.3, 0.4) is 0 Å². The molecular weight excluding hydrogens is 253 g/mol. The third-order valence-electron chi connectivity index (χ3n) is 2.50. The molecule has 0 unspecified atom stereocenters. The Labute approximate surface area is 107 Å². The molecule has 2 aromatic rings. The minimum absolute atomic E-state index is 0.0138. The van der Waals surface area contributed by atoms with E-state index < -0.39 is 16.4 Å². The second-order valence-electron chi connectivity index (χ2n) is 3.79. The van der Waals surface area contributed by atoms with Gasteiger partial charge in [0, 0.05) is 6.42 Å². The van der Waals surface area contributed by atoms with Crippen LogP contribution in [0.1, 0.15) is 11.3 Å². The van der Waals surface area contributed by atoms with Crippen LogP contribution in [0.4, 0.5) is 21.8 Å². The molecule has 1 heterocycles. The Balaban J connectivity index is 2.51. The normalized spacial score (nSPS) is 10.4. The Morgan fingerprint density at radius 1 is 1.26 bits per heavy atom. The van der Waals surface area contributed by atoms with Gasteiger partial charge < -0.3 is 11.5 Å². The zero-order valence-electron chi connectivity index (χ0n) is 9.71. The highest BCUT2D eigenvalue weighted by atomic mass is 19.1. The van der Waals surface area contributed by atoms with E-state index >= 15 is 0 Å². The van der Waals surface area contributed by atoms with Gasteiger partial charge in [-0.1, -0.05) is 18.2 Å². The molecule has 0 spiro atoms. The highest BCUT2D eigenvalue weighted by molar-refractivity contribution is 5.58. The first kappa shape index (κ1) is 12.7. The van der Waals surface area contributed by atoms with Gasteiger partial charge in [-0.05, 0) is 11.6 Å². The van der Waals surface area contributed by atoms with Gasteiger partial charge in [0.25, 0.3) is 0 Å². The SMILES string of the molecule is Nc1nc(N)c([N+](=O)[O-])c(Cc2ccccc2F)n1. The molecule has 0 aliphatic carbocycles. The predicted molar refractivity (Wildman–Crippen MR) is 66.7 cm³/mol. The molecule has 98 valence electrons. The van der Waals surface area contributed by atoms with Crippen molar-refractivity contribution in [1.82, 2.24) is 9.97 Å². The van der Waals surface area contributed by atoms with E-state index in [1.807, 2.05) is 0 Å². The van der Waals surface area contributed by atoms with Crippen LogP contribution in [-0.2, 0) is 6.42 Å². The lowest BCUT2D eigenvalue weighted by Gasteiger charge is -2.06. The molecular formula is C11H10FN5O2. The minimum atomic E-state index is -0.703. The van der Waals surface area contributed by atoms with E-state index in [1.54, 1.807) is 6.07 Å². The van der Waals surface area contributed by atoms with Crippen molar-refractivity contribution >= 4 is 17.5 Å². The summed E-state index contributed by atoms with van der Waals surface area (Å²) in [4.78, 5) is 17.5. The molecule has 2 rings (SSSR count). The van der Waals surface area contributed by atoms with Crippen LogP contribution in [-0.4, -0.2) is 14.9 Å². The molecule has 1 aromatic heterocycles. The van der Waals surface area contributed by atoms with E-state index in [0.717, 1.165) is 0 Å². The Bertz CT molecular complexity index is 647. The molecule has 8 heteroatoms. The summed E-state index contributed by atoms with van der Waals surface area (Å²) in [6, 6.07) is 5.91. The standard InChI is InChI=1S/C11H10FN5O2/c12-7-4-2-1-3-6(7)5-8-9(17(18)19)10(13)16-11(14)15-8/h1-4H,5H2,(H4,13,14,15,16). The number of benzene rings is 1. The summed E-state index contributed by atoms with van der Waals surface area (Å²) in [5.74, 6) is -0.995. The van der Waals surface area contributed by atoms with E-state index in [-0.39, 0.29) is 29.4 Å². The van der Waals surface area contributed by atoms with Gasteiger partial charge in [-0.25, -0.2) is 9.37 Å². The van der Waals surface area contributed by atoms with E-state index in [9.17, 15) is 14.5 Å². The molecule has 0 aliphatic heterocycles. The van der Waals surface area contributed by atoms with Crippen LogP contribution in [0.5, 0.6) is 0 Å². The van der Waals surface area contributed by atoms with Crippen molar-refractivity contribution in [3.8, 4) is 0 Å². The van der Waals surface area contributed by atoms with Crippen molar-refractivity contribution in [1.29, 1.82) is 0 Å². The maximum Gasteiger partial charge on any atom is 0.332 e. The van der Waals surface area contributed by atoms with Crippen molar-refractivity contribution in [2.24, 2.45) is 0 Å². The van der Waals surface area contributed by atoms with Crippen molar-refractivity contribution in [3.63, 3.8) is 0 Å². The third-order valence-corrected chi connectivity index (χ3v) is 2.50. The molecule has 4 N–H and O–H groups in total. The van der Waals surface area contributed by atoms with Gasteiger partial charge >= 0.3 is 5.69 Å². The molecule has 7 nitrogen and oxygen atoms in total. The summed E-state index contributed by atoms with van der Waals surface area (Å²) >= 11 is 0. The smallest absolute Gasteiger partial charge is 0.332 e. The fraction of sp³-hybridized carbons (Fsp3) is 0.0909. The van der Waals surface area contributed by atoms with E-state index in [0.29, 0.717) is 0 Å².